The summed E-state index contributed by atoms with van der Waals surface area (Å²) in [6, 6.07) is 5.43. The number of hydrogen-bond donors (Lipinski definition) is 0. The van der Waals surface area contributed by atoms with Gasteiger partial charge in [-0.3, -0.25) is 4.98 Å². The molecule has 2 heterocycles. The van der Waals surface area contributed by atoms with E-state index in [0.717, 1.165) is 4.47 Å². The van der Waals surface area contributed by atoms with Gasteiger partial charge in [0.2, 0.25) is 5.89 Å². The standard InChI is InChI=1S/C12H6BrClN4O/c13-7-1-2-8(9(14)5-7)11-17-18-12(19-11)10-6-15-3-4-16-10/h1-6H. The fraction of sp³-hybridized carbons (Fsp3) is 0. The highest BCUT2D eigenvalue weighted by Gasteiger charge is 2.14. The van der Waals surface area contributed by atoms with Crippen molar-refractivity contribution in [3.63, 3.8) is 0 Å². The van der Waals surface area contributed by atoms with Gasteiger partial charge in [-0.15, -0.1) is 10.2 Å². The molecule has 0 aliphatic heterocycles. The summed E-state index contributed by atoms with van der Waals surface area (Å²) in [5.41, 5.74) is 1.20. The lowest BCUT2D eigenvalue weighted by molar-refractivity contribution is 0.581. The van der Waals surface area contributed by atoms with Gasteiger partial charge in [-0.2, -0.15) is 0 Å². The molecule has 0 aliphatic carbocycles. The summed E-state index contributed by atoms with van der Waals surface area (Å²) in [7, 11) is 0. The molecule has 1 aromatic carbocycles. The Morgan fingerprint density at radius 2 is 1.95 bits per heavy atom. The second-order valence-corrected chi connectivity index (χ2v) is 4.95. The predicted molar refractivity (Wildman–Crippen MR) is 73.5 cm³/mol. The van der Waals surface area contributed by atoms with Crippen LogP contribution in [0.15, 0.2) is 45.7 Å². The van der Waals surface area contributed by atoms with Gasteiger partial charge in [0.25, 0.3) is 5.89 Å². The Labute approximate surface area is 121 Å². The molecule has 0 radical (unpaired) electrons. The summed E-state index contributed by atoms with van der Waals surface area (Å²) in [5.74, 6) is 0.653. The fourth-order valence-corrected chi connectivity index (χ4v) is 2.26. The Hall–Kier alpha value is -1.79. The number of benzene rings is 1. The Bertz CT molecular complexity index is 717. The van der Waals surface area contributed by atoms with Crippen LogP contribution in [0, 0.1) is 0 Å². The minimum atomic E-state index is 0.307. The Balaban J connectivity index is 2.02. The zero-order chi connectivity index (χ0) is 13.2. The van der Waals surface area contributed by atoms with Gasteiger partial charge < -0.3 is 4.42 Å². The van der Waals surface area contributed by atoms with Crippen LogP contribution in [0.1, 0.15) is 0 Å². The second kappa shape index (κ2) is 5.07. The normalized spacial score (nSPS) is 10.6. The second-order valence-electron chi connectivity index (χ2n) is 3.63. The highest BCUT2D eigenvalue weighted by molar-refractivity contribution is 9.10. The zero-order valence-corrected chi connectivity index (χ0v) is 11.8. The maximum absolute atomic E-state index is 6.13. The average Bonchev–Trinajstić information content (AvgIpc) is 2.89. The largest absolute Gasteiger partial charge is 0.414 e. The number of nitrogens with zero attached hydrogens (tertiary/aromatic N) is 4. The van der Waals surface area contributed by atoms with Crippen LogP contribution in [0.3, 0.4) is 0 Å². The van der Waals surface area contributed by atoms with Gasteiger partial charge in [-0.25, -0.2) is 4.98 Å². The first-order chi connectivity index (χ1) is 9.24. The van der Waals surface area contributed by atoms with Crippen molar-refractivity contribution in [1.82, 2.24) is 20.2 Å². The monoisotopic (exact) mass is 336 g/mol. The highest BCUT2D eigenvalue weighted by Crippen LogP contribution is 2.30. The minimum Gasteiger partial charge on any atom is -0.414 e. The van der Waals surface area contributed by atoms with Crippen molar-refractivity contribution in [2.24, 2.45) is 0 Å². The molecule has 0 N–H and O–H groups in total. The van der Waals surface area contributed by atoms with Gasteiger partial charge in [0.05, 0.1) is 16.8 Å². The van der Waals surface area contributed by atoms with Crippen molar-refractivity contribution in [2.45, 2.75) is 0 Å². The molecule has 5 nitrogen and oxygen atoms in total. The third-order valence-corrected chi connectivity index (χ3v) is 3.17. The van der Waals surface area contributed by atoms with Crippen LogP contribution in [0.4, 0.5) is 0 Å². The van der Waals surface area contributed by atoms with E-state index < -0.39 is 0 Å². The van der Waals surface area contributed by atoms with E-state index in [-0.39, 0.29) is 0 Å². The Morgan fingerprint density at radius 1 is 1.11 bits per heavy atom. The maximum Gasteiger partial charge on any atom is 0.268 e. The smallest absolute Gasteiger partial charge is 0.268 e. The van der Waals surface area contributed by atoms with Crippen LogP contribution < -0.4 is 0 Å². The van der Waals surface area contributed by atoms with E-state index in [0.29, 0.717) is 28.1 Å². The highest BCUT2D eigenvalue weighted by atomic mass is 79.9. The molecule has 3 aromatic rings. The summed E-state index contributed by atoms with van der Waals surface area (Å²) in [5, 5.41) is 8.44. The molecule has 0 fully saturated rings. The quantitative estimate of drug-likeness (QED) is 0.714. The molecular weight excluding hydrogens is 332 g/mol. The van der Waals surface area contributed by atoms with Crippen molar-refractivity contribution in [3.05, 3.63) is 46.3 Å². The molecule has 0 unspecified atom stereocenters. The van der Waals surface area contributed by atoms with E-state index in [9.17, 15) is 0 Å². The van der Waals surface area contributed by atoms with Crippen LogP contribution in [0.25, 0.3) is 23.0 Å². The van der Waals surface area contributed by atoms with Gasteiger partial charge in [0.15, 0.2) is 0 Å². The van der Waals surface area contributed by atoms with Gasteiger partial charge in [0, 0.05) is 16.9 Å². The average molecular weight is 338 g/mol. The van der Waals surface area contributed by atoms with Gasteiger partial charge in [0.1, 0.15) is 5.69 Å². The minimum absolute atomic E-state index is 0.307. The first kappa shape index (κ1) is 12.3. The van der Waals surface area contributed by atoms with Gasteiger partial charge in [-0.1, -0.05) is 27.5 Å². The lowest BCUT2D eigenvalue weighted by Gasteiger charge is -1.99. The molecule has 0 aliphatic rings. The van der Waals surface area contributed by atoms with E-state index in [1.54, 1.807) is 30.7 Å². The molecule has 19 heavy (non-hydrogen) atoms. The lowest BCUT2D eigenvalue weighted by Crippen LogP contribution is -1.83. The van der Waals surface area contributed by atoms with Crippen molar-refractivity contribution in [3.8, 4) is 23.0 Å². The molecule has 0 bridgehead atoms. The molecular formula is C12H6BrClN4O. The molecule has 0 saturated heterocycles. The number of aromatic nitrogens is 4. The van der Waals surface area contributed by atoms with E-state index in [2.05, 4.69) is 36.1 Å². The SMILES string of the molecule is Clc1cc(Br)ccc1-c1nnc(-c2cnccn2)o1. The fourth-order valence-electron chi connectivity index (χ4n) is 1.51. The number of hydrogen-bond acceptors (Lipinski definition) is 5. The van der Waals surface area contributed by atoms with Crippen molar-refractivity contribution in [2.75, 3.05) is 0 Å². The van der Waals surface area contributed by atoms with Gasteiger partial charge in [-0.05, 0) is 18.2 Å². The molecule has 0 atom stereocenters. The van der Waals surface area contributed by atoms with Crippen molar-refractivity contribution < 1.29 is 4.42 Å². The molecule has 0 amide bonds. The van der Waals surface area contributed by atoms with E-state index in [4.69, 9.17) is 16.0 Å². The third-order valence-electron chi connectivity index (χ3n) is 2.37. The number of rotatable bonds is 2. The van der Waals surface area contributed by atoms with Crippen LogP contribution in [0.2, 0.25) is 5.02 Å². The maximum atomic E-state index is 6.13. The Kier molecular flexibility index (Phi) is 3.27. The van der Waals surface area contributed by atoms with Gasteiger partial charge >= 0.3 is 0 Å². The van der Waals surface area contributed by atoms with Crippen LogP contribution in [-0.2, 0) is 0 Å². The zero-order valence-electron chi connectivity index (χ0n) is 9.42. The summed E-state index contributed by atoms with van der Waals surface area (Å²) in [4.78, 5) is 8.04. The molecule has 94 valence electrons. The predicted octanol–water partition coefficient (Wildman–Crippen LogP) is 3.61. The van der Waals surface area contributed by atoms with Crippen molar-refractivity contribution in [1.29, 1.82) is 0 Å². The van der Waals surface area contributed by atoms with Crippen molar-refractivity contribution >= 4 is 27.5 Å². The molecule has 7 heteroatoms. The summed E-state index contributed by atoms with van der Waals surface area (Å²) in [6.45, 7) is 0. The molecule has 0 saturated carbocycles. The first-order valence-corrected chi connectivity index (χ1v) is 6.46. The molecule has 0 spiro atoms. The van der Waals surface area contributed by atoms with E-state index in [1.165, 1.54) is 0 Å². The number of halogens is 2. The summed E-state index contributed by atoms with van der Waals surface area (Å²) in [6.07, 6.45) is 4.69. The van der Waals surface area contributed by atoms with Crippen LogP contribution in [0.5, 0.6) is 0 Å². The summed E-state index contributed by atoms with van der Waals surface area (Å²) < 4.78 is 6.44. The third kappa shape index (κ3) is 2.50. The Morgan fingerprint density at radius 3 is 2.68 bits per heavy atom. The summed E-state index contributed by atoms with van der Waals surface area (Å²) >= 11 is 9.47. The van der Waals surface area contributed by atoms with E-state index >= 15 is 0 Å². The lowest BCUT2D eigenvalue weighted by atomic mass is 10.2. The van der Waals surface area contributed by atoms with E-state index in [1.807, 2.05) is 6.07 Å². The molecule has 3 rings (SSSR count). The topological polar surface area (TPSA) is 64.7 Å². The van der Waals surface area contributed by atoms with Crippen LogP contribution >= 0.6 is 27.5 Å². The molecule has 2 aromatic heterocycles. The first-order valence-electron chi connectivity index (χ1n) is 5.29. The van der Waals surface area contributed by atoms with Crippen LogP contribution in [-0.4, -0.2) is 20.2 Å².